The van der Waals surface area contributed by atoms with Crippen molar-refractivity contribution >= 4 is 34.8 Å². The second-order valence-corrected chi connectivity index (χ2v) is 6.32. The Balaban J connectivity index is 1.85. The molecule has 2 aromatic rings. The van der Waals surface area contributed by atoms with Crippen molar-refractivity contribution in [3.63, 3.8) is 0 Å². The van der Waals surface area contributed by atoms with Gasteiger partial charge in [-0.3, -0.25) is 0 Å². The third kappa shape index (κ3) is 2.63. The molecule has 19 heavy (non-hydrogen) atoms. The second kappa shape index (κ2) is 5.36. The molecule has 0 aromatic heterocycles. The van der Waals surface area contributed by atoms with E-state index in [4.69, 9.17) is 34.8 Å². The maximum Gasteiger partial charge on any atom is 0.0634 e. The van der Waals surface area contributed by atoms with Crippen molar-refractivity contribution in [1.82, 2.24) is 0 Å². The SMILES string of the molecule is Clc1ccc(C(Cl)C2Cc3ccccc3C2)c(Cl)c1. The lowest BCUT2D eigenvalue weighted by molar-refractivity contribution is 0.541. The van der Waals surface area contributed by atoms with Crippen molar-refractivity contribution in [3.8, 4) is 0 Å². The zero-order chi connectivity index (χ0) is 13.4. The number of hydrogen-bond acceptors (Lipinski definition) is 0. The fraction of sp³-hybridized carbons (Fsp3) is 0.250. The summed E-state index contributed by atoms with van der Waals surface area (Å²) in [7, 11) is 0. The summed E-state index contributed by atoms with van der Waals surface area (Å²) in [5.74, 6) is 0.401. The van der Waals surface area contributed by atoms with E-state index < -0.39 is 0 Å². The van der Waals surface area contributed by atoms with Gasteiger partial charge < -0.3 is 0 Å². The van der Waals surface area contributed by atoms with Crippen LogP contribution in [0.2, 0.25) is 10.0 Å². The Hall–Kier alpha value is -0.690. The molecule has 2 aromatic carbocycles. The maximum absolute atomic E-state index is 6.63. The number of benzene rings is 2. The number of alkyl halides is 1. The average molecular weight is 312 g/mol. The summed E-state index contributed by atoms with van der Waals surface area (Å²) >= 11 is 18.8. The third-order valence-corrected chi connectivity index (χ3v) is 4.91. The van der Waals surface area contributed by atoms with Crippen LogP contribution in [0.5, 0.6) is 0 Å². The van der Waals surface area contributed by atoms with Crippen molar-refractivity contribution in [2.24, 2.45) is 5.92 Å². The quantitative estimate of drug-likeness (QED) is 0.625. The number of hydrogen-bond donors (Lipinski definition) is 0. The van der Waals surface area contributed by atoms with Gasteiger partial charge in [0.1, 0.15) is 0 Å². The first-order valence-corrected chi connectivity index (χ1v) is 7.50. The highest BCUT2D eigenvalue weighted by atomic mass is 35.5. The predicted molar refractivity (Wildman–Crippen MR) is 82.4 cm³/mol. The number of halogens is 3. The molecule has 3 rings (SSSR count). The van der Waals surface area contributed by atoms with Crippen LogP contribution in [0.15, 0.2) is 42.5 Å². The summed E-state index contributed by atoms with van der Waals surface area (Å²) in [6.07, 6.45) is 2.03. The zero-order valence-electron chi connectivity index (χ0n) is 10.2. The summed E-state index contributed by atoms with van der Waals surface area (Å²) in [5, 5.41) is 1.23. The van der Waals surface area contributed by atoms with Crippen molar-refractivity contribution in [1.29, 1.82) is 0 Å². The Labute approximate surface area is 128 Å². The Morgan fingerprint density at radius 2 is 1.58 bits per heavy atom. The number of fused-ring (bicyclic) bond motifs is 1. The Morgan fingerprint density at radius 1 is 0.947 bits per heavy atom. The normalized spacial score (nSPS) is 16.4. The summed E-state index contributed by atoms with van der Waals surface area (Å²) < 4.78 is 0. The fourth-order valence-corrected chi connectivity index (χ4v) is 3.73. The van der Waals surface area contributed by atoms with Crippen LogP contribution in [-0.2, 0) is 12.8 Å². The summed E-state index contributed by atoms with van der Waals surface area (Å²) in [6.45, 7) is 0. The molecule has 1 unspecified atom stereocenters. The van der Waals surface area contributed by atoms with Gasteiger partial charge in [0.15, 0.2) is 0 Å². The van der Waals surface area contributed by atoms with Gasteiger partial charge in [0.2, 0.25) is 0 Å². The second-order valence-electron chi connectivity index (χ2n) is 5.00. The Bertz CT molecular complexity index is 582. The van der Waals surface area contributed by atoms with Gasteiger partial charge in [-0.2, -0.15) is 0 Å². The molecule has 0 saturated heterocycles. The Kier molecular flexibility index (Phi) is 3.75. The third-order valence-electron chi connectivity index (χ3n) is 3.76. The van der Waals surface area contributed by atoms with Crippen LogP contribution in [-0.4, -0.2) is 0 Å². The first-order valence-electron chi connectivity index (χ1n) is 6.31. The van der Waals surface area contributed by atoms with Crippen molar-refractivity contribution in [3.05, 3.63) is 69.2 Å². The molecule has 0 heterocycles. The van der Waals surface area contributed by atoms with E-state index in [1.54, 1.807) is 6.07 Å². The molecular formula is C16H13Cl3. The molecule has 3 heteroatoms. The molecule has 0 amide bonds. The molecule has 98 valence electrons. The van der Waals surface area contributed by atoms with E-state index in [2.05, 4.69) is 24.3 Å². The smallest absolute Gasteiger partial charge is 0.0634 e. The molecule has 0 spiro atoms. The standard InChI is InChI=1S/C16H13Cl3/c17-13-5-6-14(15(18)9-13)16(19)12-7-10-3-1-2-4-11(10)8-12/h1-6,9,12,16H,7-8H2. The molecular weight excluding hydrogens is 299 g/mol. The van der Waals surface area contributed by atoms with Crippen LogP contribution in [0.1, 0.15) is 22.1 Å². The lowest BCUT2D eigenvalue weighted by Gasteiger charge is -2.18. The fourth-order valence-electron chi connectivity index (χ4n) is 2.78. The molecule has 0 bridgehead atoms. The summed E-state index contributed by atoms with van der Waals surface area (Å²) in [4.78, 5) is 0. The van der Waals surface area contributed by atoms with Crippen LogP contribution in [0.25, 0.3) is 0 Å². The van der Waals surface area contributed by atoms with Crippen molar-refractivity contribution in [2.45, 2.75) is 18.2 Å². The number of rotatable bonds is 2. The van der Waals surface area contributed by atoms with Gasteiger partial charge in [-0.15, -0.1) is 11.6 Å². The lowest BCUT2D eigenvalue weighted by atomic mass is 9.96. The molecule has 0 radical (unpaired) electrons. The van der Waals surface area contributed by atoms with Gasteiger partial charge >= 0.3 is 0 Å². The van der Waals surface area contributed by atoms with Crippen LogP contribution >= 0.6 is 34.8 Å². The molecule has 1 aliphatic rings. The highest BCUT2D eigenvalue weighted by Gasteiger charge is 2.29. The van der Waals surface area contributed by atoms with Gasteiger partial charge in [-0.25, -0.2) is 0 Å². The van der Waals surface area contributed by atoms with Crippen LogP contribution in [0.4, 0.5) is 0 Å². The predicted octanol–water partition coefficient (Wildman–Crippen LogP) is 5.69. The van der Waals surface area contributed by atoms with Gasteiger partial charge in [0.25, 0.3) is 0 Å². The van der Waals surface area contributed by atoms with E-state index in [9.17, 15) is 0 Å². The topological polar surface area (TPSA) is 0 Å². The molecule has 0 N–H and O–H groups in total. The van der Waals surface area contributed by atoms with E-state index in [1.165, 1.54) is 11.1 Å². The first-order chi connectivity index (χ1) is 9.15. The molecule has 1 atom stereocenters. The van der Waals surface area contributed by atoms with E-state index in [1.807, 2.05) is 12.1 Å². The highest BCUT2D eigenvalue weighted by molar-refractivity contribution is 6.35. The van der Waals surface area contributed by atoms with Gasteiger partial charge in [-0.05, 0) is 47.6 Å². The molecule has 1 aliphatic carbocycles. The van der Waals surface area contributed by atoms with Crippen molar-refractivity contribution in [2.75, 3.05) is 0 Å². The minimum Gasteiger partial charge on any atom is -0.117 e. The molecule has 0 fully saturated rings. The zero-order valence-corrected chi connectivity index (χ0v) is 12.5. The van der Waals surface area contributed by atoms with Gasteiger partial charge in [-0.1, -0.05) is 53.5 Å². The largest absolute Gasteiger partial charge is 0.117 e. The van der Waals surface area contributed by atoms with E-state index in [-0.39, 0.29) is 5.38 Å². The van der Waals surface area contributed by atoms with E-state index in [0.717, 1.165) is 18.4 Å². The van der Waals surface area contributed by atoms with Gasteiger partial charge in [0.05, 0.1) is 5.38 Å². The Morgan fingerprint density at radius 3 is 2.16 bits per heavy atom. The minimum absolute atomic E-state index is 0.0721. The summed E-state index contributed by atoms with van der Waals surface area (Å²) in [6, 6.07) is 14.1. The highest BCUT2D eigenvalue weighted by Crippen LogP contribution is 2.41. The monoisotopic (exact) mass is 310 g/mol. The van der Waals surface area contributed by atoms with E-state index in [0.29, 0.717) is 16.0 Å². The first kappa shape index (κ1) is 13.3. The molecule has 0 nitrogen and oxygen atoms in total. The van der Waals surface area contributed by atoms with Crippen molar-refractivity contribution < 1.29 is 0 Å². The molecule has 0 aliphatic heterocycles. The summed E-state index contributed by atoms with van der Waals surface area (Å²) in [5.41, 5.74) is 3.79. The van der Waals surface area contributed by atoms with Gasteiger partial charge in [0, 0.05) is 10.0 Å². The van der Waals surface area contributed by atoms with E-state index >= 15 is 0 Å². The van der Waals surface area contributed by atoms with Crippen LogP contribution < -0.4 is 0 Å². The minimum atomic E-state index is -0.0721. The lowest BCUT2D eigenvalue weighted by Crippen LogP contribution is -2.08. The molecule has 0 saturated carbocycles. The maximum atomic E-state index is 6.63. The van der Waals surface area contributed by atoms with Crippen LogP contribution in [0, 0.1) is 5.92 Å². The average Bonchev–Trinajstić information content (AvgIpc) is 2.81. The van der Waals surface area contributed by atoms with Crippen LogP contribution in [0.3, 0.4) is 0 Å².